The van der Waals surface area contributed by atoms with Gasteiger partial charge in [-0.15, -0.1) is 0 Å². The lowest BCUT2D eigenvalue weighted by atomic mass is 9.95. The number of methoxy groups -OCH3 is 3. The van der Waals surface area contributed by atoms with E-state index in [4.69, 9.17) is 42.8 Å². The van der Waals surface area contributed by atoms with Crippen LogP contribution in [0.15, 0.2) is 23.3 Å². The van der Waals surface area contributed by atoms with Gasteiger partial charge in [0.15, 0.2) is 6.10 Å². The van der Waals surface area contributed by atoms with Gasteiger partial charge >= 0.3 is 23.9 Å². The molecule has 0 saturated heterocycles. The highest BCUT2D eigenvalue weighted by Crippen LogP contribution is 2.47. The fourth-order valence-corrected chi connectivity index (χ4v) is 12.0. The summed E-state index contributed by atoms with van der Waals surface area (Å²) in [6.45, 7) is 30.3. The highest BCUT2D eigenvalue weighted by Gasteiger charge is 2.35. The first kappa shape index (κ1) is 63.9. The van der Waals surface area contributed by atoms with Gasteiger partial charge in [-0.2, -0.15) is 0 Å². The molecular weight excluding hydrogens is 1000 g/mol. The average Bonchev–Trinajstić information content (AvgIpc) is 3.84. The molecule has 0 aromatic heterocycles. The van der Waals surface area contributed by atoms with E-state index in [1.54, 1.807) is 21.1 Å². The van der Waals surface area contributed by atoms with Crippen molar-refractivity contribution in [1.82, 2.24) is 0 Å². The zero-order valence-corrected chi connectivity index (χ0v) is 49.8. The Balaban J connectivity index is 0.000000442. The van der Waals surface area contributed by atoms with Crippen LogP contribution in [0.4, 0.5) is 0 Å². The Morgan fingerprint density at radius 1 is 0.708 bits per heavy atom. The molecule has 2 heterocycles. The van der Waals surface area contributed by atoms with Crippen molar-refractivity contribution in [2.75, 3.05) is 66.8 Å². The Bertz CT molecular complexity index is 2410. The number of esters is 4. The number of rotatable bonds is 23. The second kappa shape index (κ2) is 27.9. The molecule has 2 aromatic carbocycles. The van der Waals surface area contributed by atoms with Crippen molar-refractivity contribution in [2.45, 2.75) is 138 Å². The molecule has 0 bridgehead atoms. The van der Waals surface area contributed by atoms with E-state index in [1.165, 1.54) is 34.3 Å². The molecule has 72 heavy (non-hydrogen) atoms. The summed E-state index contributed by atoms with van der Waals surface area (Å²) in [5, 5.41) is 8.35. The van der Waals surface area contributed by atoms with E-state index in [9.17, 15) is 33.2 Å². The van der Waals surface area contributed by atoms with Gasteiger partial charge in [-0.3, -0.25) is 9.13 Å². The van der Waals surface area contributed by atoms with Gasteiger partial charge in [0.05, 0.1) is 41.2 Å². The van der Waals surface area contributed by atoms with Crippen LogP contribution < -0.4 is 18.9 Å². The van der Waals surface area contributed by atoms with Crippen LogP contribution in [0, 0.1) is 13.8 Å². The number of fused-ring (bicyclic) bond motifs is 2. The maximum Gasteiger partial charge on any atom is 0.342 e. The maximum absolute atomic E-state index is 13.1. The van der Waals surface area contributed by atoms with E-state index in [0.29, 0.717) is 60.2 Å². The fourth-order valence-electron chi connectivity index (χ4n) is 7.70. The van der Waals surface area contributed by atoms with Gasteiger partial charge in [0, 0.05) is 64.1 Å². The summed E-state index contributed by atoms with van der Waals surface area (Å²) in [5.41, 5.74) is 7.47. The number of carbonyl (C=O) groups excluding carboxylic acids is 4. The molecule has 21 heteroatoms. The second-order valence-electron chi connectivity index (χ2n) is 20.7. The monoisotopic (exact) mass is 1080 g/mol. The number of hydrogen-bond donors (Lipinski definition) is 2. The Morgan fingerprint density at radius 3 is 1.43 bits per heavy atom. The summed E-state index contributed by atoms with van der Waals surface area (Å²) in [6, 6.07) is 1.90. The molecule has 0 aliphatic carbocycles. The van der Waals surface area contributed by atoms with Crippen molar-refractivity contribution in [1.29, 1.82) is 0 Å². The molecule has 2 aliphatic rings. The first-order valence-electron chi connectivity index (χ1n) is 24.0. The lowest BCUT2D eigenvalue weighted by Crippen LogP contribution is -2.23. The van der Waals surface area contributed by atoms with Gasteiger partial charge in [-0.05, 0) is 84.5 Å². The van der Waals surface area contributed by atoms with Crippen molar-refractivity contribution in [2.24, 2.45) is 0 Å². The predicted octanol–water partition coefficient (Wildman–Crippen LogP) is 10.1. The van der Waals surface area contributed by atoms with E-state index in [-0.39, 0.29) is 44.1 Å². The summed E-state index contributed by atoms with van der Waals surface area (Å²) in [4.78, 5) is 56.7. The topological polar surface area (TPSA) is 226 Å². The normalized spacial score (nSPS) is 15.9. The largest absolute Gasteiger partial charge is 0.496 e. The Hall–Kier alpha value is -4.23. The van der Waals surface area contributed by atoms with Crippen LogP contribution in [0.2, 0.25) is 51.4 Å². The summed E-state index contributed by atoms with van der Waals surface area (Å²) in [6.07, 6.45) is 3.09. The highest BCUT2D eigenvalue weighted by molar-refractivity contribution is 7.58. The predicted molar refractivity (Wildman–Crippen MR) is 286 cm³/mol. The fraction of sp³-hybridized carbons (Fsp3) is 0.608. The van der Waals surface area contributed by atoms with Crippen molar-refractivity contribution in [3.8, 4) is 23.0 Å². The van der Waals surface area contributed by atoms with E-state index in [2.05, 4.69) is 44.0 Å². The Kier molecular flexibility index (Phi) is 24.7. The molecule has 2 N–H and O–H groups in total. The molecule has 2 aromatic rings. The molecule has 406 valence electrons. The lowest BCUT2D eigenvalue weighted by molar-refractivity contribution is -0.150. The minimum atomic E-state index is -3.14. The molecule has 0 amide bonds. The molecule has 0 radical (unpaired) electrons. The van der Waals surface area contributed by atoms with Crippen molar-refractivity contribution in [3.05, 3.63) is 67.8 Å². The van der Waals surface area contributed by atoms with Crippen molar-refractivity contribution < 1.29 is 80.7 Å². The van der Waals surface area contributed by atoms with Gasteiger partial charge in [0.2, 0.25) is 14.7 Å². The van der Waals surface area contributed by atoms with Crippen molar-refractivity contribution in [3.63, 3.8) is 0 Å². The molecule has 2 unspecified atom stereocenters. The number of ether oxygens (including phenoxy) is 8. The third-order valence-corrected chi connectivity index (χ3v) is 17.7. The first-order valence-corrected chi connectivity index (χ1v) is 36.0. The van der Waals surface area contributed by atoms with Crippen LogP contribution in [0.25, 0.3) is 0 Å². The molecule has 2 aliphatic heterocycles. The number of aliphatic hydroxyl groups excluding tert-OH is 1. The smallest absolute Gasteiger partial charge is 0.342 e. The molecule has 0 spiro atoms. The minimum Gasteiger partial charge on any atom is -0.496 e. The van der Waals surface area contributed by atoms with Gasteiger partial charge in [-0.25, -0.2) is 19.2 Å². The third-order valence-electron chi connectivity index (χ3n) is 11.4. The summed E-state index contributed by atoms with van der Waals surface area (Å²) < 4.78 is 73.9. The van der Waals surface area contributed by atoms with Crippen LogP contribution in [0.1, 0.15) is 88.7 Å². The maximum atomic E-state index is 13.1. The Morgan fingerprint density at radius 2 is 1.11 bits per heavy atom. The molecule has 4 atom stereocenters. The van der Waals surface area contributed by atoms with Crippen molar-refractivity contribution >= 4 is 54.8 Å². The zero-order valence-electron chi connectivity index (χ0n) is 46.0. The highest BCUT2D eigenvalue weighted by atomic mass is 31.2. The van der Waals surface area contributed by atoms with Crippen LogP contribution in [0.3, 0.4) is 0 Å². The van der Waals surface area contributed by atoms with E-state index >= 15 is 0 Å². The first-order chi connectivity index (χ1) is 33.2. The van der Waals surface area contributed by atoms with E-state index in [1.807, 2.05) is 39.8 Å². The standard InChI is InChI=1S/C26H41O8PSi.C21H33O6PSi.C4H8O3/c1-10-31-25(27)19(4)34-35(6,29)16-17(2)11-12-20-23(30-5)18(3)21-15-33-26(28)22(21)24(20)32-13-14-36(7,8)9;1-14(13-28(4,23)24)8-9-16-19(25-3)15(2)17-12-27-21(22)18(17)20(16)26-10-11-29(5,6)7;1-3(5)4(6)7-2/h11,19H,10,12-16H2,1-9H3;8H,9-13H2,1-7H3,(H,23,24);3,5H,1-2H3/b17-11+;14-8+;/t19-,35?;;3-/m0.0/s1. The molecular formula is C51H82O17P2Si2. The van der Waals surface area contributed by atoms with E-state index < -0.39 is 55.0 Å². The second-order valence-corrected chi connectivity index (χ2v) is 36.9. The van der Waals surface area contributed by atoms with Crippen LogP contribution in [0.5, 0.6) is 23.0 Å². The minimum absolute atomic E-state index is 0.132. The number of cyclic esters (lactones) is 2. The van der Waals surface area contributed by atoms with Gasteiger partial charge in [0.25, 0.3) is 0 Å². The Labute approximate surface area is 429 Å². The van der Waals surface area contributed by atoms with Crippen LogP contribution in [-0.4, -0.2) is 129 Å². The summed E-state index contributed by atoms with van der Waals surface area (Å²) in [7, 11) is -4.48. The number of aliphatic hydroxyl groups is 1. The van der Waals surface area contributed by atoms with Gasteiger partial charge < -0.3 is 52.4 Å². The number of benzene rings is 2. The summed E-state index contributed by atoms with van der Waals surface area (Å²) in [5.74, 6) is 0.472. The summed E-state index contributed by atoms with van der Waals surface area (Å²) >= 11 is 0. The third kappa shape index (κ3) is 19.9. The molecule has 4 rings (SSSR count). The molecule has 17 nitrogen and oxygen atoms in total. The molecule has 0 fully saturated rings. The SMILES string of the molecule is CCOC(=O)[C@H](C)OP(C)(=O)C/C(C)=C/Cc1c(OC)c(C)c2c(c1OCC[Si](C)(C)C)C(=O)OC2.COC(=O)[C@H](C)O.COc1c(C)c2c(c(OCC[Si](C)(C)C)c1C/C=C(\C)CP(C)(=O)O)C(=O)OC2. The van der Waals surface area contributed by atoms with E-state index in [0.717, 1.165) is 56.6 Å². The average molecular weight is 1090 g/mol. The molecule has 0 saturated carbocycles. The van der Waals surface area contributed by atoms with Gasteiger partial charge in [0.1, 0.15) is 53.4 Å². The number of carbonyl (C=O) groups is 4. The quantitative estimate of drug-likeness (QED) is 0.0347. The van der Waals surface area contributed by atoms with Crippen LogP contribution in [-0.2, 0) is 68.2 Å². The number of allylic oxidation sites excluding steroid dienone is 4. The number of hydrogen-bond acceptors (Lipinski definition) is 16. The van der Waals surface area contributed by atoms with Gasteiger partial charge in [-0.1, -0.05) is 62.6 Å². The van der Waals surface area contributed by atoms with Crippen LogP contribution >= 0.6 is 14.7 Å². The zero-order chi connectivity index (χ0) is 55.1. The lowest BCUT2D eigenvalue weighted by Gasteiger charge is -2.22.